The van der Waals surface area contributed by atoms with Crippen LogP contribution < -0.4 is 0 Å². The van der Waals surface area contributed by atoms with Gasteiger partial charge in [0.15, 0.2) is 8.32 Å². The lowest BCUT2D eigenvalue weighted by Gasteiger charge is -2.43. The van der Waals surface area contributed by atoms with Gasteiger partial charge in [-0.05, 0) is 50.1 Å². The Morgan fingerprint density at radius 2 is 1.14 bits per heavy atom. The molecule has 0 atom stereocenters. The van der Waals surface area contributed by atoms with E-state index < -0.39 is 22.2 Å². The molecule has 0 aliphatic rings. The highest BCUT2D eigenvalue weighted by molar-refractivity contribution is 6.75. The van der Waals surface area contributed by atoms with Crippen LogP contribution in [0.1, 0.15) is 61.8 Å². The van der Waals surface area contributed by atoms with Gasteiger partial charge in [-0.15, -0.1) is 0 Å². The molecule has 0 unspecified atom stereocenters. The molecule has 0 aliphatic carbocycles. The summed E-state index contributed by atoms with van der Waals surface area (Å²) in [6, 6.07) is 0. The van der Waals surface area contributed by atoms with Gasteiger partial charge in [0, 0.05) is 0 Å². The fraction of sp³-hybridized carbons (Fsp3) is 0.941. The molecule has 0 aromatic heterocycles. The summed E-state index contributed by atoms with van der Waals surface area (Å²) < 4.78 is 12.3. The minimum absolute atomic E-state index is 0.0348. The van der Waals surface area contributed by atoms with Crippen LogP contribution in [0.15, 0.2) is 0 Å². The van der Waals surface area contributed by atoms with Crippen molar-refractivity contribution in [3.63, 3.8) is 0 Å². The van der Waals surface area contributed by atoms with E-state index in [9.17, 15) is 4.79 Å². The fourth-order valence-electron chi connectivity index (χ4n) is 1.70. The van der Waals surface area contributed by atoms with Crippen molar-refractivity contribution in [3.05, 3.63) is 0 Å². The predicted molar refractivity (Wildman–Crippen MR) is 100 cm³/mol. The van der Waals surface area contributed by atoms with Crippen molar-refractivity contribution in [2.45, 2.75) is 104 Å². The third-order valence-electron chi connectivity index (χ3n) is 5.08. The predicted octanol–water partition coefficient (Wildman–Crippen LogP) is 5.73. The first-order valence-corrected chi connectivity index (χ1v) is 14.0. The average Bonchev–Trinajstić information content (AvgIpc) is 2.07. The maximum absolute atomic E-state index is 12.4. The van der Waals surface area contributed by atoms with Gasteiger partial charge in [-0.1, -0.05) is 41.5 Å². The Morgan fingerprint density at radius 1 is 0.773 bits per heavy atom. The first-order chi connectivity index (χ1) is 9.31. The Bertz CT molecular complexity index is 399. The van der Waals surface area contributed by atoms with Gasteiger partial charge < -0.3 is 8.85 Å². The molecule has 0 rings (SSSR count). The Morgan fingerprint density at radius 3 is 1.45 bits per heavy atom. The summed E-state index contributed by atoms with van der Waals surface area (Å²) in [5.41, 5.74) is -0.484. The van der Waals surface area contributed by atoms with Crippen LogP contribution in [0.4, 0.5) is 0 Å². The standard InChI is InChI=1S/C17H38O3Si2/c1-15(2,3)21(9,10)19-14(18)13-17(7,8)20-22(11,12)16(4,5)6/h13H2,1-12H3. The molecule has 0 bridgehead atoms. The van der Waals surface area contributed by atoms with Crippen molar-refractivity contribution in [2.75, 3.05) is 0 Å². The van der Waals surface area contributed by atoms with Gasteiger partial charge in [0.1, 0.15) is 0 Å². The van der Waals surface area contributed by atoms with E-state index in [1.165, 1.54) is 0 Å². The largest absolute Gasteiger partial charge is 0.519 e. The molecule has 0 amide bonds. The van der Waals surface area contributed by atoms with E-state index in [2.05, 4.69) is 67.7 Å². The molecule has 3 nitrogen and oxygen atoms in total. The lowest BCUT2D eigenvalue weighted by Crippen LogP contribution is -2.49. The van der Waals surface area contributed by atoms with Crippen molar-refractivity contribution in [1.82, 2.24) is 0 Å². The van der Waals surface area contributed by atoms with Crippen molar-refractivity contribution in [2.24, 2.45) is 0 Å². The summed E-state index contributed by atoms with van der Waals surface area (Å²) in [5, 5.41) is 0.167. The Kier molecular flexibility index (Phi) is 6.36. The molecule has 0 spiro atoms. The number of hydrogen-bond acceptors (Lipinski definition) is 3. The molecule has 0 fully saturated rings. The van der Waals surface area contributed by atoms with Crippen LogP contribution >= 0.6 is 0 Å². The number of carbonyl (C=O) groups is 1. The molecule has 22 heavy (non-hydrogen) atoms. The van der Waals surface area contributed by atoms with Crippen LogP contribution in [-0.2, 0) is 13.6 Å². The van der Waals surface area contributed by atoms with E-state index in [-0.39, 0.29) is 16.0 Å². The zero-order valence-corrected chi connectivity index (χ0v) is 18.9. The Labute approximate surface area is 140 Å². The average molecular weight is 347 g/mol. The fourth-order valence-corrected chi connectivity index (χ4v) is 4.41. The Hall–Kier alpha value is -0.136. The van der Waals surface area contributed by atoms with Crippen LogP contribution in [0.2, 0.25) is 36.3 Å². The van der Waals surface area contributed by atoms with E-state index in [1.54, 1.807) is 0 Å². The lowest BCUT2D eigenvalue weighted by atomic mass is 10.1. The van der Waals surface area contributed by atoms with Gasteiger partial charge in [0.2, 0.25) is 0 Å². The van der Waals surface area contributed by atoms with Crippen LogP contribution in [0.3, 0.4) is 0 Å². The zero-order valence-electron chi connectivity index (χ0n) is 16.9. The van der Waals surface area contributed by atoms with Gasteiger partial charge >= 0.3 is 0 Å². The quantitative estimate of drug-likeness (QED) is 0.597. The van der Waals surface area contributed by atoms with Gasteiger partial charge in [-0.3, -0.25) is 4.79 Å². The summed E-state index contributed by atoms with van der Waals surface area (Å²) in [5.74, 6) is -0.129. The second-order valence-corrected chi connectivity index (χ2v) is 19.5. The van der Waals surface area contributed by atoms with Gasteiger partial charge in [-0.2, -0.15) is 0 Å². The third-order valence-corrected chi connectivity index (χ3v) is 14.1. The number of rotatable bonds is 5. The van der Waals surface area contributed by atoms with Crippen LogP contribution in [-0.4, -0.2) is 28.2 Å². The molecule has 0 aromatic carbocycles. The van der Waals surface area contributed by atoms with Crippen LogP contribution in [0.25, 0.3) is 0 Å². The molecular formula is C17H38O3Si2. The summed E-state index contributed by atoms with van der Waals surface area (Å²) in [6.45, 7) is 25.7. The van der Waals surface area contributed by atoms with Gasteiger partial charge in [-0.25, -0.2) is 0 Å². The van der Waals surface area contributed by atoms with E-state index in [0.717, 1.165) is 0 Å². The highest BCUT2D eigenvalue weighted by Gasteiger charge is 2.44. The normalized spacial score (nSPS) is 14.9. The molecule has 0 aliphatic heterocycles. The van der Waals surface area contributed by atoms with E-state index in [0.29, 0.717) is 6.42 Å². The number of carbonyl (C=O) groups excluding carboxylic acids is 1. The van der Waals surface area contributed by atoms with Crippen LogP contribution in [0, 0.1) is 0 Å². The number of hydrogen-bond donors (Lipinski definition) is 0. The topological polar surface area (TPSA) is 35.5 Å². The zero-order chi connectivity index (χ0) is 18.2. The molecular weight excluding hydrogens is 308 g/mol. The molecule has 0 heterocycles. The summed E-state index contributed by atoms with van der Waals surface area (Å²) in [6.07, 6.45) is 0.312. The van der Waals surface area contributed by atoms with Crippen molar-refractivity contribution >= 4 is 22.6 Å². The minimum atomic E-state index is -2.06. The Balaban J connectivity index is 4.91. The highest BCUT2D eigenvalue weighted by Crippen LogP contribution is 2.40. The van der Waals surface area contributed by atoms with E-state index in [1.807, 2.05) is 13.8 Å². The molecule has 5 heteroatoms. The summed E-state index contributed by atoms with van der Waals surface area (Å²) in [4.78, 5) is 12.4. The first kappa shape index (κ1) is 21.9. The van der Waals surface area contributed by atoms with E-state index in [4.69, 9.17) is 8.85 Å². The lowest BCUT2D eigenvalue weighted by molar-refractivity contribution is -0.139. The molecule has 0 N–H and O–H groups in total. The minimum Gasteiger partial charge on any atom is -0.519 e. The molecule has 0 aromatic rings. The van der Waals surface area contributed by atoms with E-state index >= 15 is 0 Å². The summed E-state index contributed by atoms with van der Waals surface area (Å²) >= 11 is 0. The summed E-state index contributed by atoms with van der Waals surface area (Å²) in [7, 11) is -3.96. The maximum Gasteiger partial charge on any atom is 0.295 e. The second-order valence-electron chi connectivity index (χ2n) is 10.0. The first-order valence-electron chi connectivity index (χ1n) is 8.23. The molecule has 0 radical (unpaired) electrons. The van der Waals surface area contributed by atoms with Crippen molar-refractivity contribution in [1.29, 1.82) is 0 Å². The van der Waals surface area contributed by atoms with Crippen molar-refractivity contribution < 1.29 is 13.6 Å². The monoisotopic (exact) mass is 346 g/mol. The van der Waals surface area contributed by atoms with Gasteiger partial charge in [0.25, 0.3) is 14.3 Å². The van der Waals surface area contributed by atoms with Crippen molar-refractivity contribution in [3.8, 4) is 0 Å². The third kappa shape index (κ3) is 6.16. The smallest absolute Gasteiger partial charge is 0.295 e. The molecule has 0 saturated carbocycles. The van der Waals surface area contributed by atoms with Crippen LogP contribution in [0.5, 0.6) is 0 Å². The maximum atomic E-state index is 12.4. The SMILES string of the molecule is CC(C)(CC(=O)O[Si](C)(C)C(C)(C)C)O[Si](C)(C)C(C)(C)C. The van der Waals surface area contributed by atoms with Gasteiger partial charge in [0.05, 0.1) is 12.0 Å². The molecule has 132 valence electrons. The molecule has 0 saturated heterocycles. The second kappa shape index (κ2) is 6.40. The highest BCUT2D eigenvalue weighted by atomic mass is 28.4.